The Bertz CT molecular complexity index is 1230. The summed E-state index contributed by atoms with van der Waals surface area (Å²) in [5.74, 6) is 0.454. The summed E-state index contributed by atoms with van der Waals surface area (Å²) in [6.45, 7) is 4.72. The van der Waals surface area contributed by atoms with Crippen LogP contribution < -0.4 is 5.32 Å². The molecule has 0 aliphatic rings. The number of amides is 1. The highest BCUT2D eigenvalue weighted by Crippen LogP contribution is 2.27. The summed E-state index contributed by atoms with van der Waals surface area (Å²) >= 11 is 1.34. The molecule has 1 heterocycles. The van der Waals surface area contributed by atoms with E-state index in [1.165, 1.54) is 23.9 Å². The molecule has 0 saturated carbocycles. The highest BCUT2D eigenvalue weighted by Gasteiger charge is 2.17. The van der Waals surface area contributed by atoms with Crippen molar-refractivity contribution in [3.63, 3.8) is 0 Å². The minimum Gasteiger partial charge on any atom is -0.325 e. The number of hydrogen-bond donors (Lipinski definition) is 1. The second kappa shape index (κ2) is 11.1. The van der Waals surface area contributed by atoms with Crippen LogP contribution in [0.15, 0.2) is 78.0 Å². The van der Waals surface area contributed by atoms with Crippen LogP contribution in [0.4, 0.5) is 10.1 Å². The number of rotatable bonds is 9. The van der Waals surface area contributed by atoms with Gasteiger partial charge in [0.05, 0.1) is 12.3 Å². The average Bonchev–Trinajstić information content (AvgIpc) is 3.26. The molecule has 34 heavy (non-hydrogen) atoms. The van der Waals surface area contributed by atoms with Crippen LogP contribution in [-0.4, -0.2) is 26.4 Å². The van der Waals surface area contributed by atoms with Gasteiger partial charge in [-0.25, -0.2) is 4.39 Å². The van der Waals surface area contributed by atoms with Crippen LogP contribution in [0.1, 0.15) is 30.5 Å². The summed E-state index contributed by atoms with van der Waals surface area (Å²) < 4.78 is 15.4. The van der Waals surface area contributed by atoms with Crippen molar-refractivity contribution in [1.82, 2.24) is 14.8 Å². The zero-order valence-electron chi connectivity index (χ0n) is 19.3. The summed E-state index contributed by atoms with van der Waals surface area (Å²) in [5.41, 5.74) is 5.02. The fourth-order valence-electron chi connectivity index (χ4n) is 3.83. The predicted octanol–water partition coefficient (Wildman–Crippen LogP) is 5.99. The van der Waals surface area contributed by atoms with E-state index < -0.39 is 0 Å². The van der Waals surface area contributed by atoms with E-state index in [9.17, 15) is 9.18 Å². The largest absolute Gasteiger partial charge is 0.325 e. The third kappa shape index (κ3) is 5.54. The SMILES string of the molecule is CCc1cccc(CC)c1NC(=O)CSc1nnc(-c2ccc(F)cc2)n1Cc1ccccc1. The number of anilines is 1. The molecule has 5 nitrogen and oxygen atoms in total. The van der Waals surface area contributed by atoms with E-state index in [1.807, 2.05) is 53.1 Å². The Labute approximate surface area is 203 Å². The molecule has 0 spiro atoms. The maximum Gasteiger partial charge on any atom is 0.234 e. The molecule has 4 rings (SSSR count). The Morgan fingerprint density at radius 1 is 0.912 bits per heavy atom. The molecular weight excluding hydrogens is 447 g/mol. The first kappa shape index (κ1) is 23.7. The second-order valence-electron chi connectivity index (χ2n) is 7.88. The van der Waals surface area contributed by atoms with Crippen LogP contribution in [0.25, 0.3) is 11.4 Å². The van der Waals surface area contributed by atoms with E-state index >= 15 is 0 Å². The van der Waals surface area contributed by atoms with Crippen molar-refractivity contribution >= 4 is 23.4 Å². The average molecular weight is 475 g/mol. The quantitative estimate of drug-likeness (QED) is 0.303. The van der Waals surface area contributed by atoms with Gasteiger partial charge in [0.1, 0.15) is 5.82 Å². The molecule has 0 aliphatic carbocycles. The van der Waals surface area contributed by atoms with E-state index in [1.54, 1.807) is 12.1 Å². The lowest BCUT2D eigenvalue weighted by molar-refractivity contribution is -0.113. The molecule has 3 aromatic carbocycles. The number of para-hydroxylation sites is 1. The van der Waals surface area contributed by atoms with Crippen molar-refractivity contribution < 1.29 is 9.18 Å². The molecule has 0 radical (unpaired) electrons. The standard InChI is InChI=1S/C27H27FN4OS/c1-3-20-11-8-12-21(4-2)25(20)29-24(33)18-34-27-31-30-26(22-13-15-23(28)16-14-22)32(27)17-19-9-6-5-7-10-19/h5-16H,3-4,17-18H2,1-2H3,(H,29,33). The monoisotopic (exact) mass is 474 g/mol. The lowest BCUT2D eigenvalue weighted by Gasteiger charge is -2.14. The fraction of sp³-hybridized carbons (Fsp3) is 0.222. The molecule has 0 fully saturated rings. The Hall–Kier alpha value is -3.45. The maximum absolute atomic E-state index is 13.5. The normalized spacial score (nSPS) is 10.9. The Kier molecular flexibility index (Phi) is 7.75. The van der Waals surface area contributed by atoms with Crippen LogP contribution in [-0.2, 0) is 24.2 Å². The molecule has 7 heteroatoms. The third-order valence-electron chi connectivity index (χ3n) is 5.60. The Morgan fingerprint density at radius 2 is 1.59 bits per heavy atom. The number of benzene rings is 3. The van der Waals surface area contributed by atoms with Crippen molar-refractivity contribution in [3.05, 3.63) is 95.3 Å². The molecule has 0 unspecified atom stereocenters. The van der Waals surface area contributed by atoms with Gasteiger partial charge in [0.25, 0.3) is 0 Å². The van der Waals surface area contributed by atoms with Gasteiger partial charge < -0.3 is 5.32 Å². The van der Waals surface area contributed by atoms with Gasteiger partial charge in [-0.2, -0.15) is 0 Å². The number of thioether (sulfide) groups is 1. The molecule has 1 amide bonds. The number of halogens is 1. The summed E-state index contributed by atoms with van der Waals surface area (Å²) in [4.78, 5) is 12.9. The molecule has 174 valence electrons. The molecule has 0 saturated heterocycles. The molecule has 1 aromatic heterocycles. The van der Waals surface area contributed by atoms with E-state index in [-0.39, 0.29) is 17.5 Å². The highest BCUT2D eigenvalue weighted by atomic mass is 32.2. The molecule has 0 aliphatic heterocycles. The fourth-order valence-corrected chi connectivity index (χ4v) is 4.56. The van der Waals surface area contributed by atoms with Crippen molar-refractivity contribution in [3.8, 4) is 11.4 Å². The third-order valence-corrected chi connectivity index (χ3v) is 6.57. The van der Waals surface area contributed by atoms with Gasteiger partial charge in [0.15, 0.2) is 11.0 Å². The molecule has 1 N–H and O–H groups in total. The summed E-state index contributed by atoms with van der Waals surface area (Å²) in [7, 11) is 0. The highest BCUT2D eigenvalue weighted by molar-refractivity contribution is 7.99. The zero-order chi connectivity index (χ0) is 23.9. The van der Waals surface area contributed by atoms with E-state index in [4.69, 9.17) is 0 Å². The number of aryl methyl sites for hydroxylation is 2. The van der Waals surface area contributed by atoms with Crippen LogP contribution in [0.3, 0.4) is 0 Å². The van der Waals surface area contributed by atoms with Crippen molar-refractivity contribution in [2.24, 2.45) is 0 Å². The van der Waals surface area contributed by atoms with Crippen molar-refractivity contribution in [2.75, 3.05) is 11.1 Å². The van der Waals surface area contributed by atoms with Gasteiger partial charge in [-0.3, -0.25) is 9.36 Å². The Balaban J connectivity index is 1.56. The molecule has 0 bridgehead atoms. The van der Waals surface area contributed by atoms with Crippen LogP contribution in [0.2, 0.25) is 0 Å². The number of hydrogen-bond acceptors (Lipinski definition) is 4. The van der Waals surface area contributed by atoms with Gasteiger partial charge in [-0.15, -0.1) is 10.2 Å². The number of carbonyl (C=O) groups excluding carboxylic acids is 1. The van der Waals surface area contributed by atoms with E-state index in [0.29, 0.717) is 17.5 Å². The lowest BCUT2D eigenvalue weighted by atomic mass is 10.0. The number of nitrogens with one attached hydrogen (secondary N) is 1. The molecule has 4 aromatic rings. The van der Waals surface area contributed by atoms with Crippen LogP contribution in [0.5, 0.6) is 0 Å². The van der Waals surface area contributed by atoms with Crippen LogP contribution in [0, 0.1) is 5.82 Å². The Morgan fingerprint density at radius 3 is 2.24 bits per heavy atom. The first-order valence-electron chi connectivity index (χ1n) is 11.4. The first-order chi connectivity index (χ1) is 16.6. The number of aromatic nitrogens is 3. The predicted molar refractivity (Wildman–Crippen MR) is 136 cm³/mol. The van der Waals surface area contributed by atoms with Crippen LogP contribution >= 0.6 is 11.8 Å². The second-order valence-corrected chi connectivity index (χ2v) is 8.82. The summed E-state index contributed by atoms with van der Waals surface area (Å²) in [6, 6.07) is 22.3. The maximum atomic E-state index is 13.5. The van der Waals surface area contributed by atoms with E-state index in [0.717, 1.165) is 40.8 Å². The van der Waals surface area contributed by atoms with Crippen molar-refractivity contribution in [2.45, 2.75) is 38.4 Å². The molecule has 0 atom stereocenters. The number of carbonyl (C=O) groups is 1. The summed E-state index contributed by atoms with van der Waals surface area (Å²) in [6.07, 6.45) is 1.70. The van der Waals surface area contributed by atoms with Gasteiger partial charge in [0.2, 0.25) is 5.91 Å². The van der Waals surface area contributed by atoms with Gasteiger partial charge in [-0.05, 0) is 53.8 Å². The number of nitrogens with zero attached hydrogens (tertiary/aromatic N) is 3. The summed E-state index contributed by atoms with van der Waals surface area (Å²) in [5, 5.41) is 12.5. The van der Waals surface area contributed by atoms with E-state index in [2.05, 4.69) is 29.4 Å². The van der Waals surface area contributed by atoms with Gasteiger partial charge in [-0.1, -0.05) is 74.1 Å². The van der Waals surface area contributed by atoms with Crippen molar-refractivity contribution in [1.29, 1.82) is 0 Å². The minimum atomic E-state index is -0.303. The lowest BCUT2D eigenvalue weighted by Crippen LogP contribution is -2.17. The molecular formula is C27H27FN4OS. The smallest absolute Gasteiger partial charge is 0.234 e. The van der Waals surface area contributed by atoms with Gasteiger partial charge >= 0.3 is 0 Å². The van der Waals surface area contributed by atoms with Gasteiger partial charge in [0, 0.05) is 11.3 Å². The first-order valence-corrected chi connectivity index (χ1v) is 12.3. The minimum absolute atomic E-state index is 0.0850. The zero-order valence-corrected chi connectivity index (χ0v) is 20.1. The topological polar surface area (TPSA) is 59.8 Å².